The van der Waals surface area contributed by atoms with E-state index in [1.807, 2.05) is 60.7 Å². The van der Waals surface area contributed by atoms with Gasteiger partial charge in [-0.05, 0) is 46.1 Å². The molecule has 0 radical (unpaired) electrons. The summed E-state index contributed by atoms with van der Waals surface area (Å²) < 4.78 is 2.42. The second kappa shape index (κ2) is 11.9. The summed E-state index contributed by atoms with van der Waals surface area (Å²) in [5, 5.41) is 0. The van der Waals surface area contributed by atoms with Crippen molar-refractivity contribution in [2.75, 3.05) is 4.81 Å². The molecular formula is C41H29B2N5. The molecule has 0 amide bonds. The molecule has 4 heterocycles. The molecule has 0 spiro atoms. The molecule has 0 atom stereocenters. The van der Waals surface area contributed by atoms with Crippen molar-refractivity contribution in [1.29, 1.82) is 0 Å². The normalized spacial score (nSPS) is 14.4. The van der Waals surface area contributed by atoms with Gasteiger partial charge in [-0.3, -0.25) is 0 Å². The second-order valence-corrected chi connectivity index (χ2v) is 12.1. The minimum Gasteiger partial charge on any atom is -0.437 e. The van der Waals surface area contributed by atoms with Crippen LogP contribution >= 0.6 is 0 Å². The van der Waals surface area contributed by atoms with E-state index in [2.05, 4.69) is 125 Å². The summed E-state index contributed by atoms with van der Waals surface area (Å²) in [5.74, 6) is 6.50. The molecule has 3 aliphatic heterocycles. The summed E-state index contributed by atoms with van der Waals surface area (Å²) in [6, 6.07) is 46.4. The molecule has 5 nitrogen and oxygen atoms in total. The number of aromatic nitrogens is 3. The number of anilines is 1. The van der Waals surface area contributed by atoms with Gasteiger partial charge in [0.15, 0.2) is 17.5 Å². The van der Waals surface area contributed by atoms with Gasteiger partial charge in [-0.25, -0.2) is 15.0 Å². The lowest BCUT2D eigenvalue weighted by molar-refractivity contribution is 0.878. The first-order valence-corrected chi connectivity index (χ1v) is 16.3. The Morgan fingerprint density at radius 2 is 1.02 bits per heavy atom. The smallest absolute Gasteiger partial charge is 0.395 e. The van der Waals surface area contributed by atoms with Crippen molar-refractivity contribution in [3.63, 3.8) is 0 Å². The summed E-state index contributed by atoms with van der Waals surface area (Å²) in [6.45, 7) is 0.0901. The van der Waals surface area contributed by atoms with Crippen LogP contribution in [-0.4, -0.2) is 33.5 Å². The third kappa shape index (κ3) is 4.97. The average molecular weight is 613 g/mol. The maximum Gasteiger partial charge on any atom is 0.395 e. The fourth-order valence-electron chi connectivity index (χ4n) is 6.88. The monoisotopic (exact) mass is 613 g/mol. The van der Waals surface area contributed by atoms with Gasteiger partial charge >= 0.3 is 13.8 Å². The van der Waals surface area contributed by atoms with Gasteiger partial charge in [0.1, 0.15) is 0 Å². The van der Waals surface area contributed by atoms with E-state index in [4.69, 9.17) is 15.0 Å². The Balaban J connectivity index is 1.24. The van der Waals surface area contributed by atoms with E-state index in [-0.39, 0.29) is 13.8 Å². The molecule has 5 aromatic carbocycles. The highest BCUT2D eigenvalue weighted by Gasteiger charge is 2.43. The predicted molar refractivity (Wildman–Crippen MR) is 199 cm³/mol. The van der Waals surface area contributed by atoms with Crippen molar-refractivity contribution in [2.24, 2.45) is 0 Å². The minimum absolute atomic E-state index is 0.0114. The van der Waals surface area contributed by atoms with Gasteiger partial charge in [-0.2, -0.15) is 0 Å². The molecule has 7 heteroatoms. The molecule has 0 N–H and O–H groups in total. The number of benzene rings is 5. The van der Waals surface area contributed by atoms with Crippen molar-refractivity contribution in [2.45, 2.75) is 0 Å². The van der Waals surface area contributed by atoms with Crippen LogP contribution in [0.15, 0.2) is 176 Å². The second-order valence-electron chi connectivity index (χ2n) is 12.1. The van der Waals surface area contributed by atoms with E-state index < -0.39 is 0 Å². The predicted octanol–water partition coefficient (Wildman–Crippen LogP) is 8.12. The molecule has 3 aliphatic rings. The Bertz CT molecular complexity index is 2190. The van der Waals surface area contributed by atoms with Crippen LogP contribution in [0.3, 0.4) is 0 Å². The largest absolute Gasteiger partial charge is 0.437 e. The highest BCUT2D eigenvalue weighted by atomic mass is 15.2. The Kier molecular flexibility index (Phi) is 6.94. The SMILES string of the molecule is C1=CB2c3cc(-c4ccccc4)c(-c4ccccc4)cc3N3C=C(c4nc(-c5ccccc5)nc(-c5ccccc5)n4)C=CB3N2C=C1. The lowest BCUT2D eigenvalue weighted by atomic mass is 9.42. The average Bonchev–Trinajstić information content (AvgIpc) is 3.18. The summed E-state index contributed by atoms with van der Waals surface area (Å²) in [4.78, 5) is 17.4. The third-order valence-corrected chi connectivity index (χ3v) is 9.19. The van der Waals surface area contributed by atoms with Crippen molar-refractivity contribution >= 4 is 30.6 Å². The molecule has 9 rings (SSSR count). The van der Waals surface area contributed by atoms with Crippen molar-refractivity contribution < 1.29 is 0 Å². The zero-order valence-electron chi connectivity index (χ0n) is 26.1. The lowest BCUT2D eigenvalue weighted by Crippen LogP contribution is -2.64. The van der Waals surface area contributed by atoms with Gasteiger partial charge in [0.2, 0.25) is 0 Å². The van der Waals surface area contributed by atoms with Gasteiger partial charge < -0.3 is 9.53 Å². The first kappa shape index (κ1) is 28.1. The van der Waals surface area contributed by atoms with E-state index in [0.717, 1.165) is 16.7 Å². The summed E-state index contributed by atoms with van der Waals surface area (Å²) >= 11 is 0. The van der Waals surface area contributed by atoms with Crippen molar-refractivity contribution in [3.8, 4) is 45.0 Å². The van der Waals surface area contributed by atoms with E-state index >= 15 is 0 Å². The molecule has 6 aromatic rings. The van der Waals surface area contributed by atoms with Crippen molar-refractivity contribution in [3.05, 3.63) is 182 Å². The number of nitrogens with zero attached hydrogens (tertiary/aromatic N) is 5. The highest BCUT2D eigenvalue weighted by molar-refractivity contribution is 6.90. The van der Waals surface area contributed by atoms with Crippen LogP contribution in [0.5, 0.6) is 0 Å². The van der Waals surface area contributed by atoms with Crippen LogP contribution in [0, 0.1) is 0 Å². The molecule has 0 fully saturated rings. The minimum atomic E-state index is -0.0114. The summed E-state index contributed by atoms with van der Waals surface area (Å²) in [5.41, 5.74) is 10.1. The van der Waals surface area contributed by atoms with Crippen LogP contribution in [0.25, 0.3) is 50.6 Å². The Morgan fingerprint density at radius 3 is 1.60 bits per heavy atom. The quantitative estimate of drug-likeness (QED) is 0.184. The molecule has 0 bridgehead atoms. The fraction of sp³-hybridized carbons (Fsp3) is 0. The molecule has 0 aliphatic carbocycles. The molecule has 48 heavy (non-hydrogen) atoms. The van der Waals surface area contributed by atoms with Gasteiger partial charge in [0, 0.05) is 28.6 Å². The third-order valence-electron chi connectivity index (χ3n) is 9.19. The molecule has 224 valence electrons. The molecular weight excluding hydrogens is 584 g/mol. The van der Waals surface area contributed by atoms with E-state index in [1.54, 1.807) is 0 Å². The number of allylic oxidation sites excluding steroid dienone is 4. The first-order chi connectivity index (χ1) is 23.8. The molecule has 0 saturated carbocycles. The maximum absolute atomic E-state index is 5.04. The molecule has 1 aromatic heterocycles. The maximum atomic E-state index is 5.04. The Morgan fingerprint density at radius 1 is 0.500 bits per heavy atom. The van der Waals surface area contributed by atoms with E-state index in [1.165, 1.54) is 33.4 Å². The van der Waals surface area contributed by atoms with E-state index in [9.17, 15) is 0 Å². The van der Waals surface area contributed by atoms with Crippen LogP contribution in [0.4, 0.5) is 5.69 Å². The molecule has 0 unspecified atom stereocenters. The van der Waals surface area contributed by atoms with Crippen LogP contribution < -0.4 is 10.3 Å². The van der Waals surface area contributed by atoms with Crippen LogP contribution in [0.2, 0.25) is 0 Å². The zero-order chi connectivity index (χ0) is 31.9. The highest BCUT2D eigenvalue weighted by Crippen LogP contribution is 2.39. The number of hydrogen-bond acceptors (Lipinski definition) is 5. The Labute approximate surface area is 281 Å². The number of rotatable bonds is 5. The standard InChI is InChI=1S/C41H29B2N5/c1-5-15-30(16-6-1)35-27-37-38(28-36(35)31-17-7-2-8-18-31)47-29-34(23-25-43(47)48-26-14-13-24-42(37)48)41-45-39(32-19-9-3-10-20-32)44-40(46-41)33-21-11-4-12-22-33/h1-29H. The van der Waals surface area contributed by atoms with Gasteiger partial charge in [0.25, 0.3) is 0 Å². The molecule has 0 saturated heterocycles. The lowest BCUT2D eigenvalue weighted by Gasteiger charge is -2.46. The van der Waals surface area contributed by atoms with Gasteiger partial charge in [-0.1, -0.05) is 151 Å². The number of fused-ring (bicyclic) bond motifs is 6. The summed E-state index contributed by atoms with van der Waals surface area (Å²) in [6.07, 6.45) is 10.8. The van der Waals surface area contributed by atoms with Crippen molar-refractivity contribution in [1.82, 2.24) is 19.7 Å². The van der Waals surface area contributed by atoms with Gasteiger partial charge in [-0.15, -0.1) is 0 Å². The first-order valence-electron chi connectivity index (χ1n) is 16.3. The van der Waals surface area contributed by atoms with E-state index in [0.29, 0.717) is 17.5 Å². The fourth-order valence-corrected chi connectivity index (χ4v) is 6.88. The van der Waals surface area contributed by atoms with Gasteiger partial charge in [0.05, 0.1) is 0 Å². The number of hydrogen-bond donors (Lipinski definition) is 0. The van der Waals surface area contributed by atoms with Crippen LogP contribution in [0.1, 0.15) is 5.82 Å². The van der Waals surface area contributed by atoms with Crippen LogP contribution in [-0.2, 0) is 0 Å². The summed E-state index contributed by atoms with van der Waals surface area (Å²) in [7, 11) is 0. The zero-order valence-corrected chi connectivity index (χ0v) is 26.1. The topological polar surface area (TPSA) is 45.2 Å². The Hall–Kier alpha value is -6.20.